The van der Waals surface area contributed by atoms with Crippen LogP contribution in [0.3, 0.4) is 0 Å². The average Bonchev–Trinajstić information content (AvgIpc) is 3.39. The van der Waals surface area contributed by atoms with Gasteiger partial charge in [0.2, 0.25) is 0 Å². The Labute approximate surface area is 242 Å². The minimum Gasteiger partial charge on any atom is -0.469 e. The number of H-pyrrole nitrogens is 1. The third-order valence-corrected chi connectivity index (χ3v) is 8.53. The van der Waals surface area contributed by atoms with Crippen molar-refractivity contribution in [3.63, 3.8) is 0 Å². The Kier molecular flexibility index (Phi) is 10.8. The highest BCUT2D eigenvalue weighted by Crippen LogP contribution is 2.49. The summed E-state index contributed by atoms with van der Waals surface area (Å²) in [7, 11) is 1.43. The van der Waals surface area contributed by atoms with E-state index >= 15 is 0 Å². The molecule has 5 atom stereocenters. The zero-order valence-electron chi connectivity index (χ0n) is 24.1. The number of nitrogens with zero attached hydrogens (tertiary/aromatic N) is 1. The summed E-state index contributed by atoms with van der Waals surface area (Å²) in [6, 6.07) is 18.2. The number of amides is 1. The van der Waals surface area contributed by atoms with E-state index in [1.807, 2.05) is 30.3 Å². The molecule has 9 heteroatoms. The van der Waals surface area contributed by atoms with Crippen LogP contribution in [-0.2, 0) is 27.3 Å². The van der Waals surface area contributed by atoms with Crippen LogP contribution in [0, 0.1) is 17.8 Å². The number of hydrogen-bond donors (Lipinski definition) is 4. The summed E-state index contributed by atoms with van der Waals surface area (Å²) in [5.74, 6) is 0.0541. The Bertz CT molecular complexity index is 1280. The molecular weight excluding hydrogens is 520 g/mol. The number of carbonyl (C=O) groups is 2. The smallest absolute Gasteiger partial charge is 0.404 e. The molecule has 9 nitrogen and oxygen atoms in total. The van der Waals surface area contributed by atoms with Crippen molar-refractivity contribution >= 4 is 23.0 Å². The standard InChI is InChI=1S/C21H26N2O3.C8H9NO2.C3H9N/c1-26-21(25)19-15-10-17-20-14(13-4-2-3-5-16(13)22-20)8-9-23(17)11-12(15)6-7-18(19)24;9-8(10)11-6-7-4-2-1-3-5-7;1-2-3-4/h2-5,12,15,17-19,22,24H,6-11H2,1H3;1-5H,6H2,(H2,9,10);2-4H2,1H3/t12-,15-,17-,18-,19+;;/m0../s1. The van der Waals surface area contributed by atoms with Crippen LogP contribution in [0.5, 0.6) is 0 Å². The minimum atomic E-state index is -0.742. The summed E-state index contributed by atoms with van der Waals surface area (Å²) in [4.78, 5) is 28.8. The lowest BCUT2D eigenvalue weighted by atomic mass is 9.65. The van der Waals surface area contributed by atoms with Gasteiger partial charge in [-0.1, -0.05) is 55.5 Å². The number of aliphatic hydroxyl groups excluding tert-OH is 1. The van der Waals surface area contributed by atoms with Gasteiger partial charge in [0.25, 0.3) is 0 Å². The predicted octanol–water partition coefficient (Wildman–Crippen LogP) is 4.28. The third-order valence-electron chi connectivity index (χ3n) is 8.53. The van der Waals surface area contributed by atoms with Crippen molar-refractivity contribution in [3.05, 3.63) is 71.4 Å². The van der Waals surface area contributed by atoms with Gasteiger partial charge in [-0.25, -0.2) is 4.79 Å². The number of piperidine rings is 1. The van der Waals surface area contributed by atoms with Crippen LogP contribution in [0.4, 0.5) is 4.79 Å². The van der Waals surface area contributed by atoms with Gasteiger partial charge in [0.15, 0.2) is 0 Å². The van der Waals surface area contributed by atoms with Gasteiger partial charge < -0.3 is 31.0 Å². The maximum Gasteiger partial charge on any atom is 0.404 e. The summed E-state index contributed by atoms with van der Waals surface area (Å²) in [5.41, 5.74) is 14.7. The molecule has 2 fully saturated rings. The lowest BCUT2D eigenvalue weighted by Gasteiger charge is -2.50. The first-order valence-corrected chi connectivity index (χ1v) is 14.6. The molecule has 0 spiro atoms. The van der Waals surface area contributed by atoms with Crippen LogP contribution >= 0.6 is 0 Å². The van der Waals surface area contributed by atoms with Crippen molar-refractivity contribution in [2.75, 3.05) is 26.7 Å². The number of rotatable bonds is 4. The molecule has 3 heterocycles. The summed E-state index contributed by atoms with van der Waals surface area (Å²) >= 11 is 0. The molecule has 3 aromatic rings. The summed E-state index contributed by atoms with van der Waals surface area (Å²) < 4.78 is 9.61. The second kappa shape index (κ2) is 14.5. The molecule has 1 saturated carbocycles. The fourth-order valence-corrected chi connectivity index (χ4v) is 6.53. The van der Waals surface area contributed by atoms with E-state index < -0.39 is 12.2 Å². The second-order valence-electron chi connectivity index (χ2n) is 11.1. The van der Waals surface area contributed by atoms with Gasteiger partial charge in [-0.3, -0.25) is 9.69 Å². The summed E-state index contributed by atoms with van der Waals surface area (Å²) in [6.07, 6.45) is 3.49. The Morgan fingerprint density at radius 1 is 1.10 bits per heavy atom. The molecule has 2 aliphatic heterocycles. The second-order valence-corrected chi connectivity index (χ2v) is 11.1. The highest BCUT2D eigenvalue weighted by molar-refractivity contribution is 5.85. The number of aliphatic hydroxyl groups is 1. The number of nitrogens with one attached hydrogen (secondary N) is 1. The zero-order chi connectivity index (χ0) is 29.4. The molecule has 1 aliphatic carbocycles. The quantitative estimate of drug-likeness (QED) is 0.346. The number of aromatic nitrogens is 1. The monoisotopic (exact) mass is 564 g/mol. The van der Waals surface area contributed by atoms with Crippen LogP contribution in [0.25, 0.3) is 10.9 Å². The maximum atomic E-state index is 12.4. The van der Waals surface area contributed by atoms with E-state index in [0.717, 1.165) is 50.9 Å². The number of nitrogens with two attached hydrogens (primary N) is 2. The predicted molar refractivity (Wildman–Crippen MR) is 159 cm³/mol. The van der Waals surface area contributed by atoms with E-state index in [2.05, 4.69) is 45.8 Å². The molecule has 2 aromatic carbocycles. The molecule has 6 N–H and O–H groups in total. The fourth-order valence-electron chi connectivity index (χ4n) is 6.53. The molecule has 1 aromatic heterocycles. The number of methoxy groups -OCH3 is 1. The van der Waals surface area contributed by atoms with Gasteiger partial charge in [0, 0.05) is 29.7 Å². The van der Waals surface area contributed by atoms with E-state index in [9.17, 15) is 14.7 Å². The molecular formula is C32H44N4O5. The number of ether oxygens (including phenoxy) is 2. The normalized spacial score (nSPS) is 24.7. The van der Waals surface area contributed by atoms with E-state index in [-0.39, 0.29) is 24.4 Å². The summed E-state index contributed by atoms with van der Waals surface area (Å²) in [5, 5.41) is 11.8. The molecule has 0 bridgehead atoms. The average molecular weight is 565 g/mol. The van der Waals surface area contributed by atoms with Gasteiger partial charge in [-0.15, -0.1) is 0 Å². The van der Waals surface area contributed by atoms with Gasteiger partial charge in [0.05, 0.1) is 25.2 Å². The number of primary amides is 1. The number of esters is 1. The SMILES string of the molecule is CCCN.COC(=O)[C@@H]1[C@H]2C[C@H]3c4[nH]c5ccccc5c4CCN3C[C@@H]2CC[C@@H]1O.NC(=O)OCc1ccccc1. The van der Waals surface area contributed by atoms with Crippen molar-refractivity contribution in [2.45, 2.75) is 57.8 Å². The van der Waals surface area contributed by atoms with Crippen molar-refractivity contribution in [1.82, 2.24) is 9.88 Å². The summed E-state index contributed by atoms with van der Waals surface area (Å²) in [6.45, 7) is 5.22. The molecule has 3 aliphatic rings. The minimum absolute atomic E-state index is 0.199. The van der Waals surface area contributed by atoms with Crippen molar-refractivity contribution in [3.8, 4) is 0 Å². The number of fused-ring (bicyclic) bond motifs is 6. The topological polar surface area (TPSA) is 144 Å². The van der Waals surface area contributed by atoms with Gasteiger partial charge in [0.1, 0.15) is 6.61 Å². The fraction of sp³-hybridized carbons (Fsp3) is 0.500. The zero-order valence-corrected chi connectivity index (χ0v) is 24.1. The number of carbonyl (C=O) groups excluding carboxylic acids is 2. The third kappa shape index (κ3) is 7.28. The van der Waals surface area contributed by atoms with E-state index in [4.69, 9.17) is 16.2 Å². The van der Waals surface area contributed by atoms with Crippen molar-refractivity contribution in [1.29, 1.82) is 0 Å². The van der Waals surface area contributed by atoms with E-state index in [0.29, 0.717) is 18.4 Å². The number of hydrogen-bond acceptors (Lipinski definition) is 7. The maximum absolute atomic E-state index is 12.4. The molecule has 222 valence electrons. The first-order valence-electron chi connectivity index (χ1n) is 14.6. The highest BCUT2D eigenvalue weighted by Gasteiger charge is 2.49. The van der Waals surface area contributed by atoms with E-state index in [1.165, 1.54) is 29.3 Å². The number of para-hydroxylation sites is 1. The first kappa shape index (κ1) is 30.6. The first-order chi connectivity index (χ1) is 19.9. The van der Waals surface area contributed by atoms with Gasteiger partial charge >= 0.3 is 12.1 Å². The lowest BCUT2D eigenvalue weighted by Crippen LogP contribution is -2.53. The van der Waals surface area contributed by atoms with Crippen LogP contribution in [0.1, 0.15) is 55.5 Å². The van der Waals surface area contributed by atoms with Crippen molar-refractivity contribution < 1.29 is 24.2 Å². The number of aromatic amines is 1. The Morgan fingerprint density at radius 3 is 2.49 bits per heavy atom. The Hall–Kier alpha value is -3.40. The molecule has 1 amide bonds. The van der Waals surface area contributed by atoms with E-state index in [1.54, 1.807) is 0 Å². The van der Waals surface area contributed by atoms with Crippen molar-refractivity contribution in [2.24, 2.45) is 29.2 Å². The van der Waals surface area contributed by atoms with Crippen LogP contribution in [0.2, 0.25) is 0 Å². The number of benzene rings is 2. The van der Waals surface area contributed by atoms with Crippen LogP contribution in [-0.4, -0.2) is 59.9 Å². The van der Waals surface area contributed by atoms with Gasteiger partial charge in [-0.05, 0) is 67.7 Å². The molecule has 0 unspecified atom stereocenters. The van der Waals surface area contributed by atoms with Gasteiger partial charge in [-0.2, -0.15) is 0 Å². The van der Waals surface area contributed by atoms with Crippen LogP contribution < -0.4 is 11.5 Å². The highest BCUT2D eigenvalue weighted by atomic mass is 16.5. The molecule has 41 heavy (non-hydrogen) atoms. The van der Waals surface area contributed by atoms with Crippen LogP contribution in [0.15, 0.2) is 54.6 Å². The Balaban J connectivity index is 0.000000215. The largest absolute Gasteiger partial charge is 0.469 e. The Morgan fingerprint density at radius 2 is 1.80 bits per heavy atom. The molecule has 0 radical (unpaired) electrons. The lowest BCUT2D eigenvalue weighted by molar-refractivity contribution is -0.160. The molecule has 6 rings (SSSR count). The molecule has 1 saturated heterocycles.